The highest BCUT2D eigenvalue weighted by Gasteiger charge is 2.09. The first-order valence-corrected chi connectivity index (χ1v) is 6.37. The Morgan fingerprint density at radius 1 is 1.24 bits per heavy atom. The van der Waals surface area contributed by atoms with E-state index in [0.717, 1.165) is 10.7 Å². The lowest BCUT2D eigenvalue weighted by molar-refractivity contribution is 1.00. The van der Waals surface area contributed by atoms with Gasteiger partial charge in [-0.05, 0) is 24.6 Å². The second-order valence-corrected chi connectivity index (χ2v) is 5.36. The molecule has 0 radical (unpaired) electrons. The average molecular weight is 247 g/mol. The van der Waals surface area contributed by atoms with Crippen LogP contribution in [0.1, 0.15) is 10.7 Å². The Hall–Kier alpha value is -1.39. The third-order valence-electron chi connectivity index (χ3n) is 2.64. The largest absolute Gasteiger partial charge is 0.378 e. The summed E-state index contributed by atoms with van der Waals surface area (Å²) in [5.74, 6) is 0. The topological polar surface area (TPSA) is 42.1 Å². The summed E-state index contributed by atoms with van der Waals surface area (Å²) < 4.78 is 0. The van der Waals surface area contributed by atoms with Crippen molar-refractivity contribution >= 4 is 17.0 Å². The minimum atomic E-state index is 0.495. The summed E-state index contributed by atoms with van der Waals surface area (Å²) in [7, 11) is 4.08. The predicted molar refractivity (Wildman–Crippen MR) is 74.5 cm³/mol. The molecule has 1 heterocycles. The molecule has 90 valence electrons. The van der Waals surface area contributed by atoms with Crippen LogP contribution in [0.5, 0.6) is 0 Å². The van der Waals surface area contributed by atoms with Gasteiger partial charge in [-0.1, -0.05) is 12.1 Å². The fourth-order valence-corrected chi connectivity index (χ4v) is 2.70. The lowest BCUT2D eigenvalue weighted by atomic mass is 10.1. The number of nitrogens with two attached hydrogens (primary N) is 1. The van der Waals surface area contributed by atoms with Gasteiger partial charge in [-0.25, -0.2) is 4.98 Å². The van der Waals surface area contributed by atoms with E-state index in [-0.39, 0.29) is 0 Å². The summed E-state index contributed by atoms with van der Waals surface area (Å²) in [5, 5.41) is 1.07. The number of aromatic nitrogens is 1. The molecule has 0 saturated carbocycles. The molecule has 4 heteroatoms. The van der Waals surface area contributed by atoms with Gasteiger partial charge in [0.05, 0.1) is 15.6 Å². The van der Waals surface area contributed by atoms with Crippen LogP contribution in [0.3, 0.4) is 0 Å². The van der Waals surface area contributed by atoms with Crippen LogP contribution in [-0.4, -0.2) is 19.1 Å². The number of anilines is 1. The van der Waals surface area contributed by atoms with E-state index < -0.39 is 0 Å². The first kappa shape index (κ1) is 12.1. The summed E-state index contributed by atoms with van der Waals surface area (Å²) in [6.07, 6.45) is 0. The second-order valence-electron chi connectivity index (χ2n) is 4.15. The van der Waals surface area contributed by atoms with Gasteiger partial charge in [-0.3, -0.25) is 0 Å². The maximum Gasteiger partial charge on any atom is 0.0904 e. The highest BCUT2D eigenvalue weighted by Crippen LogP contribution is 2.30. The minimum absolute atomic E-state index is 0.495. The molecule has 0 aliphatic carbocycles. The lowest BCUT2D eigenvalue weighted by Crippen LogP contribution is -2.07. The van der Waals surface area contributed by atoms with Crippen molar-refractivity contribution in [2.45, 2.75) is 13.5 Å². The molecule has 1 aromatic carbocycles. The summed E-state index contributed by atoms with van der Waals surface area (Å²) in [5.41, 5.74) is 9.10. The minimum Gasteiger partial charge on any atom is -0.378 e. The predicted octanol–water partition coefficient (Wildman–Crippen LogP) is 2.64. The van der Waals surface area contributed by atoms with Crippen LogP contribution < -0.4 is 10.6 Å². The molecular weight excluding hydrogens is 230 g/mol. The summed E-state index contributed by atoms with van der Waals surface area (Å²) >= 11 is 1.70. The van der Waals surface area contributed by atoms with E-state index in [9.17, 15) is 0 Å². The number of hydrogen-bond acceptors (Lipinski definition) is 4. The molecule has 1 aromatic heterocycles. The van der Waals surface area contributed by atoms with Crippen molar-refractivity contribution < 1.29 is 0 Å². The van der Waals surface area contributed by atoms with E-state index in [4.69, 9.17) is 5.73 Å². The van der Waals surface area contributed by atoms with Gasteiger partial charge < -0.3 is 10.6 Å². The normalized spacial score (nSPS) is 10.6. The van der Waals surface area contributed by atoms with Gasteiger partial charge >= 0.3 is 0 Å². The number of nitrogens with zero attached hydrogens (tertiary/aromatic N) is 2. The van der Waals surface area contributed by atoms with E-state index in [0.29, 0.717) is 6.54 Å². The van der Waals surface area contributed by atoms with Crippen LogP contribution in [-0.2, 0) is 6.54 Å². The van der Waals surface area contributed by atoms with Crippen molar-refractivity contribution in [1.82, 2.24) is 4.98 Å². The molecule has 2 N–H and O–H groups in total. The third kappa shape index (κ3) is 2.48. The molecule has 0 fully saturated rings. The molecule has 0 unspecified atom stereocenters. The van der Waals surface area contributed by atoms with Gasteiger partial charge in [0.15, 0.2) is 0 Å². The Morgan fingerprint density at radius 3 is 2.41 bits per heavy atom. The summed E-state index contributed by atoms with van der Waals surface area (Å²) in [4.78, 5) is 7.73. The van der Waals surface area contributed by atoms with Crippen LogP contribution in [0.15, 0.2) is 24.3 Å². The van der Waals surface area contributed by atoms with Crippen LogP contribution in [0, 0.1) is 6.92 Å². The number of rotatable bonds is 3. The maximum absolute atomic E-state index is 5.72. The maximum atomic E-state index is 5.72. The Labute approximate surface area is 106 Å². The fraction of sp³-hybridized carbons (Fsp3) is 0.308. The highest BCUT2D eigenvalue weighted by molar-refractivity contribution is 7.15. The van der Waals surface area contributed by atoms with Crippen molar-refractivity contribution in [3.8, 4) is 10.4 Å². The third-order valence-corrected chi connectivity index (χ3v) is 3.71. The molecule has 3 nitrogen and oxygen atoms in total. The van der Waals surface area contributed by atoms with Crippen LogP contribution in [0.4, 0.5) is 5.69 Å². The second kappa shape index (κ2) is 4.85. The first-order chi connectivity index (χ1) is 8.11. The molecule has 0 bridgehead atoms. The van der Waals surface area contributed by atoms with Gasteiger partial charge in [0.25, 0.3) is 0 Å². The standard InChI is InChI=1S/C13H17N3S/c1-9-15-12(8-14)13(17-9)10-4-6-11(7-5-10)16(2)3/h4-7H,8,14H2,1-3H3. The van der Waals surface area contributed by atoms with Crippen molar-refractivity contribution in [3.63, 3.8) is 0 Å². The van der Waals surface area contributed by atoms with Gasteiger partial charge in [0.2, 0.25) is 0 Å². The van der Waals surface area contributed by atoms with Gasteiger partial charge in [-0.15, -0.1) is 11.3 Å². The van der Waals surface area contributed by atoms with Crippen molar-refractivity contribution in [2.75, 3.05) is 19.0 Å². The molecular formula is C13H17N3S. The van der Waals surface area contributed by atoms with E-state index in [1.165, 1.54) is 16.1 Å². The molecule has 2 aromatic rings. The molecule has 0 amide bonds. The number of thiazole rings is 1. The van der Waals surface area contributed by atoms with E-state index >= 15 is 0 Å². The number of hydrogen-bond donors (Lipinski definition) is 1. The van der Waals surface area contributed by atoms with Gasteiger partial charge in [0.1, 0.15) is 0 Å². The van der Waals surface area contributed by atoms with Crippen LogP contribution in [0.2, 0.25) is 0 Å². The monoisotopic (exact) mass is 247 g/mol. The van der Waals surface area contributed by atoms with Crippen molar-refractivity contribution in [2.24, 2.45) is 5.73 Å². The number of benzene rings is 1. The average Bonchev–Trinajstić information content (AvgIpc) is 2.70. The molecule has 0 atom stereocenters. The lowest BCUT2D eigenvalue weighted by Gasteiger charge is -2.12. The Balaban J connectivity index is 2.39. The van der Waals surface area contributed by atoms with Gasteiger partial charge in [0, 0.05) is 26.3 Å². The summed E-state index contributed by atoms with van der Waals surface area (Å²) in [6.45, 7) is 2.51. The van der Waals surface area contributed by atoms with E-state index in [1.807, 2.05) is 21.0 Å². The Morgan fingerprint density at radius 2 is 1.88 bits per heavy atom. The molecule has 2 rings (SSSR count). The van der Waals surface area contributed by atoms with Crippen LogP contribution >= 0.6 is 11.3 Å². The zero-order valence-corrected chi connectivity index (χ0v) is 11.2. The first-order valence-electron chi connectivity index (χ1n) is 5.56. The molecule has 0 aliphatic heterocycles. The quantitative estimate of drug-likeness (QED) is 0.906. The van der Waals surface area contributed by atoms with Crippen LogP contribution in [0.25, 0.3) is 10.4 Å². The molecule has 0 saturated heterocycles. The van der Waals surface area contributed by atoms with Crippen molar-refractivity contribution in [3.05, 3.63) is 35.0 Å². The fourth-order valence-electron chi connectivity index (χ4n) is 1.75. The molecule has 0 aliphatic rings. The smallest absolute Gasteiger partial charge is 0.0904 e. The number of aryl methyl sites for hydroxylation is 1. The molecule has 17 heavy (non-hydrogen) atoms. The van der Waals surface area contributed by atoms with E-state index in [1.54, 1.807) is 11.3 Å². The molecule has 0 spiro atoms. The SMILES string of the molecule is Cc1nc(CN)c(-c2ccc(N(C)C)cc2)s1. The van der Waals surface area contributed by atoms with Gasteiger partial charge in [-0.2, -0.15) is 0 Å². The Bertz CT molecular complexity index is 500. The Kier molecular flexibility index (Phi) is 3.45. The van der Waals surface area contributed by atoms with E-state index in [2.05, 4.69) is 34.1 Å². The summed E-state index contributed by atoms with van der Waals surface area (Å²) in [6, 6.07) is 8.48. The van der Waals surface area contributed by atoms with Crippen molar-refractivity contribution in [1.29, 1.82) is 0 Å². The zero-order valence-electron chi connectivity index (χ0n) is 10.4. The highest BCUT2D eigenvalue weighted by atomic mass is 32.1. The zero-order chi connectivity index (χ0) is 12.4.